The van der Waals surface area contributed by atoms with Crippen molar-refractivity contribution in [2.45, 2.75) is 60.8 Å². The summed E-state index contributed by atoms with van der Waals surface area (Å²) >= 11 is 1.61. The summed E-state index contributed by atoms with van der Waals surface area (Å²) in [5.74, 6) is 0.973. The summed E-state index contributed by atoms with van der Waals surface area (Å²) in [6.45, 7) is 2.62. The molecule has 7 rings (SSSR count). The SMILES string of the molecule is C#Cc1c(F)ccc2cc(O)cc(-c3ncc4c(SC5CCC5)nc(OCC56CCCN5CCC6)nc4c3F)c12. The Labute approximate surface area is 235 Å². The largest absolute Gasteiger partial charge is 0.508 e. The lowest BCUT2D eigenvalue weighted by Crippen LogP contribution is -2.43. The molecule has 1 N–H and O–H groups in total. The summed E-state index contributed by atoms with van der Waals surface area (Å²) in [5.41, 5.74) is 0.189. The molecule has 2 aliphatic heterocycles. The maximum Gasteiger partial charge on any atom is 0.318 e. The van der Waals surface area contributed by atoms with Gasteiger partial charge in [0.2, 0.25) is 0 Å². The highest BCUT2D eigenvalue weighted by atomic mass is 32.2. The summed E-state index contributed by atoms with van der Waals surface area (Å²) in [5, 5.41) is 12.8. The van der Waals surface area contributed by atoms with Crippen molar-refractivity contribution in [3.05, 3.63) is 47.7 Å². The maximum absolute atomic E-state index is 16.4. The zero-order valence-corrected chi connectivity index (χ0v) is 22.7. The molecule has 2 aromatic heterocycles. The van der Waals surface area contributed by atoms with Gasteiger partial charge in [-0.05, 0) is 75.2 Å². The van der Waals surface area contributed by atoms with Gasteiger partial charge < -0.3 is 9.84 Å². The van der Waals surface area contributed by atoms with E-state index in [0.29, 0.717) is 33.0 Å². The van der Waals surface area contributed by atoms with Gasteiger partial charge in [-0.15, -0.1) is 18.2 Å². The van der Waals surface area contributed by atoms with Gasteiger partial charge in [-0.3, -0.25) is 9.88 Å². The lowest BCUT2D eigenvalue weighted by Gasteiger charge is -2.31. The highest BCUT2D eigenvalue weighted by molar-refractivity contribution is 8.00. The Hall–Kier alpha value is -3.48. The van der Waals surface area contributed by atoms with Gasteiger partial charge in [0.25, 0.3) is 0 Å². The molecule has 0 unspecified atom stereocenters. The second-order valence-electron chi connectivity index (χ2n) is 11.0. The first-order chi connectivity index (χ1) is 19.5. The topological polar surface area (TPSA) is 71.4 Å². The predicted octanol–water partition coefficient (Wildman–Crippen LogP) is 6.46. The summed E-state index contributed by atoms with van der Waals surface area (Å²) in [7, 11) is 0. The second-order valence-corrected chi connectivity index (χ2v) is 12.3. The van der Waals surface area contributed by atoms with Crippen LogP contribution in [-0.4, -0.2) is 55.4 Å². The summed E-state index contributed by atoms with van der Waals surface area (Å²) in [6, 6.07) is 5.71. The van der Waals surface area contributed by atoms with Gasteiger partial charge in [0.1, 0.15) is 34.4 Å². The molecule has 6 nitrogen and oxygen atoms in total. The van der Waals surface area contributed by atoms with E-state index < -0.39 is 11.6 Å². The van der Waals surface area contributed by atoms with E-state index >= 15 is 4.39 Å². The standard InChI is InChI=1S/C31H28F2N4O2S/c1-2-21-24(32)9-8-18-14-19(38)15-22(25(18)21)27-26(33)28-23(16-34-27)29(40-20-6-3-7-20)36-30(35-28)39-17-31-10-4-12-37(31)13-5-11-31/h1,8-9,14-16,20,38H,3-7,10-13,17H2. The van der Waals surface area contributed by atoms with E-state index in [2.05, 4.69) is 20.8 Å². The Morgan fingerprint density at radius 3 is 2.65 bits per heavy atom. The Kier molecular flexibility index (Phi) is 6.28. The second kappa shape index (κ2) is 9.86. The smallest absolute Gasteiger partial charge is 0.318 e. The molecule has 3 fully saturated rings. The molecular formula is C31H28F2N4O2S. The number of pyridine rings is 1. The minimum Gasteiger partial charge on any atom is -0.508 e. The number of aromatic nitrogens is 3. The van der Waals surface area contributed by atoms with Gasteiger partial charge >= 0.3 is 6.01 Å². The van der Waals surface area contributed by atoms with Crippen LogP contribution in [0.3, 0.4) is 0 Å². The van der Waals surface area contributed by atoms with Gasteiger partial charge in [0.15, 0.2) is 5.82 Å². The number of ether oxygens (including phenoxy) is 1. The molecule has 0 radical (unpaired) electrons. The lowest BCUT2D eigenvalue weighted by atomic mass is 9.95. The van der Waals surface area contributed by atoms with Crippen molar-refractivity contribution in [3.63, 3.8) is 0 Å². The Bertz CT molecular complexity index is 1690. The van der Waals surface area contributed by atoms with Crippen molar-refractivity contribution in [1.82, 2.24) is 19.9 Å². The number of phenols is 1. The maximum atomic E-state index is 16.4. The van der Waals surface area contributed by atoms with Crippen LogP contribution in [0, 0.1) is 24.0 Å². The molecule has 4 aromatic rings. The minimum atomic E-state index is -0.694. The van der Waals surface area contributed by atoms with Crippen LogP contribution >= 0.6 is 11.8 Å². The number of phenolic OH excluding ortho intramolecular Hbond substituents is 1. The van der Waals surface area contributed by atoms with Crippen molar-refractivity contribution in [1.29, 1.82) is 0 Å². The zero-order chi connectivity index (χ0) is 27.4. The van der Waals surface area contributed by atoms with Crippen molar-refractivity contribution in [3.8, 4) is 35.4 Å². The fraction of sp³-hybridized carbons (Fsp3) is 0.387. The first kappa shape index (κ1) is 25.5. The Balaban J connectivity index is 1.36. The molecule has 0 amide bonds. The number of hydrogen-bond donors (Lipinski definition) is 1. The van der Waals surface area contributed by atoms with Gasteiger partial charge in [0.05, 0.1) is 16.5 Å². The molecule has 1 saturated carbocycles. The van der Waals surface area contributed by atoms with Crippen molar-refractivity contribution in [2.75, 3.05) is 19.7 Å². The highest BCUT2D eigenvalue weighted by Gasteiger charge is 2.45. The molecule has 2 aromatic carbocycles. The number of thioether (sulfide) groups is 1. The monoisotopic (exact) mass is 558 g/mol. The Morgan fingerprint density at radius 1 is 1.12 bits per heavy atom. The van der Waals surface area contributed by atoms with Crippen molar-refractivity contribution in [2.24, 2.45) is 0 Å². The summed E-state index contributed by atoms with van der Waals surface area (Å²) in [4.78, 5) is 16.2. The van der Waals surface area contributed by atoms with Crippen molar-refractivity contribution < 1.29 is 18.6 Å². The molecule has 9 heteroatoms. The number of terminal acetylenes is 1. The van der Waals surface area contributed by atoms with Gasteiger partial charge in [0, 0.05) is 22.4 Å². The summed E-state index contributed by atoms with van der Waals surface area (Å²) < 4.78 is 37.4. The number of rotatable bonds is 6. The molecule has 2 saturated heterocycles. The van der Waals surface area contributed by atoms with E-state index in [-0.39, 0.29) is 39.6 Å². The van der Waals surface area contributed by atoms with Crippen LogP contribution < -0.4 is 4.74 Å². The first-order valence-corrected chi connectivity index (χ1v) is 14.7. The number of nitrogens with zero attached hydrogens (tertiary/aromatic N) is 4. The van der Waals surface area contributed by atoms with E-state index in [4.69, 9.17) is 16.1 Å². The number of fused-ring (bicyclic) bond motifs is 3. The van der Waals surface area contributed by atoms with E-state index in [1.165, 1.54) is 24.3 Å². The van der Waals surface area contributed by atoms with E-state index in [1.807, 2.05) is 0 Å². The average Bonchev–Trinajstić information content (AvgIpc) is 3.50. The van der Waals surface area contributed by atoms with Gasteiger partial charge in [-0.1, -0.05) is 18.4 Å². The van der Waals surface area contributed by atoms with E-state index in [1.54, 1.807) is 18.0 Å². The minimum absolute atomic E-state index is 0.00226. The van der Waals surface area contributed by atoms with Crippen LogP contribution in [0.5, 0.6) is 11.8 Å². The number of benzene rings is 2. The third kappa shape index (κ3) is 4.16. The number of aromatic hydroxyl groups is 1. The third-order valence-electron chi connectivity index (χ3n) is 8.69. The zero-order valence-electron chi connectivity index (χ0n) is 21.9. The first-order valence-electron chi connectivity index (χ1n) is 13.8. The molecule has 204 valence electrons. The normalized spacial score (nSPS) is 18.6. The van der Waals surface area contributed by atoms with Crippen LogP contribution in [0.25, 0.3) is 32.9 Å². The molecule has 0 spiro atoms. The van der Waals surface area contributed by atoms with Crippen LogP contribution in [0.2, 0.25) is 0 Å². The van der Waals surface area contributed by atoms with Gasteiger partial charge in [-0.2, -0.15) is 9.97 Å². The summed E-state index contributed by atoms with van der Waals surface area (Å²) in [6.07, 6.45) is 15.0. The van der Waals surface area contributed by atoms with E-state index in [9.17, 15) is 9.50 Å². The third-order valence-corrected chi connectivity index (χ3v) is 10.0. The van der Waals surface area contributed by atoms with Gasteiger partial charge in [-0.25, -0.2) is 8.78 Å². The van der Waals surface area contributed by atoms with Crippen LogP contribution in [-0.2, 0) is 0 Å². The fourth-order valence-electron chi connectivity index (χ4n) is 6.41. The quantitative estimate of drug-likeness (QED) is 0.215. The molecule has 1 aliphatic carbocycles. The number of halogens is 2. The van der Waals surface area contributed by atoms with Crippen LogP contribution in [0.4, 0.5) is 8.78 Å². The van der Waals surface area contributed by atoms with Crippen LogP contribution in [0.1, 0.15) is 50.5 Å². The highest BCUT2D eigenvalue weighted by Crippen LogP contribution is 2.43. The van der Waals surface area contributed by atoms with E-state index in [0.717, 1.165) is 58.0 Å². The number of hydrogen-bond acceptors (Lipinski definition) is 7. The average molecular weight is 559 g/mol. The predicted molar refractivity (Wildman–Crippen MR) is 152 cm³/mol. The molecule has 4 heterocycles. The molecular weight excluding hydrogens is 530 g/mol. The Morgan fingerprint density at radius 2 is 1.93 bits per heavy atom. The fourth-order valence-corrected chi connectivity index (χ4v) is 7.70. The molecule has 40 heavy (non-hydrogen) atoms. The molecule has 0 atom stereocenters. The van der Waals surface area contributed by atoms with Crippen molar-refractivity contribution >= 4 is 33.4 Å². The lowest BCUT2D eigenvalue weighted by molar-refractivity contribution is 0.107. The van der Waals surface area contributed by atoms with Crippen LogP contribution in [0.15, 0.2) is 35.5 Å². The molecule has 3 aliphatic rings. The molecule has 0 bridgehead atoms.